The Kier molecular flexibility index (Phi) is 13.3. The van der Waals surface area contributed by atoms with Crippen LogP contribution >= 0.6 is 0 Å². The quantitative estimate of drug-likeness (QED) is 0.117. The second kappa shape index (κ2) is 18.1. The number of amides is 2. The van der Waals surface area contributed by atoms with Crippen molar-refractivity contribution in [3.63, 3.8) is 0 Å². The van der Waals surface area contributed by atoms with Crippen LogP contribution in [0.25, 0.3) is 11.1 Å². The molecule has 1 fully saturated rings. The molecule has 4 aromatic rings. The third kappa shape index (κ3) is 10.0. The largest absolute Gasteiger partial charge is 0.465 e. The van der Waals surface area contributed by atoms with Crippen molar-refractivity contribution in [2.75, 3.05) is 26.7 Å². The molecule has 2 amide bonds. The van der Waals surface area contributed by atoms with Gasteiger partial charge in [-0.2, -0.15) is 0 Å². The summed E-state index contributed by atoms with van der Waals surface area (Å²) in [5.41, 5.74) is 6.48. The van der Waals surface area contributed by atoms with Gasteiger partial charge in [-0.05, 0) is 60.3 Å². The standard InChI is InChI=1S/C41H49N3O7/c1-5-49-37(46)24-43-41(48)42-23-30-10-9-13-35(22-30)31-18-20-34(21-19-31)40-50-36(25-44(4)28(3)38(47)32-11-7-6-8-12-32)27(2)39(51-40)33-16-14-29(26-45)15-17-33/h6-22,27-28,36,38-40,45,47H,5,23-26H2,1-4H3,(H2,42,43,48)/t27-,28-,36+,38-,39+,40+/m0/s1. The van der Waals surface area contributed by atoms with Crippen molar-refractivity contribution in [3.05, 3.63) is 131 Å². The van der Waals surface area contributed by atoms with Gasteiger partial charge in [0.15, 0.2) is 6.29 Å². The second-order valence-corrected chi connectivity index (χ2v) is 13.0. The van der Waals surface area contributed by atoms with E-state index in [4.69, 9.17) is 14.2 Å². The van der Waals surface area contributed by atoms with E-state index in [-0.39, 0.29) is 43.9 Å². The normalized spacial score (nSPS) is 20.0. The van der Waals surface area contributed by atoms with E-state index in [1.165, 1.54) is 0 Å². The van der Waals surface area contributed by atoms with Gasteiger partial charge >= 0.3 is 12.0 Å². The predicted molar refractivity (Wildman–Crippen MR) is 195 cm³/mol. The third-order valence-electron chi connectivity index (χ3n) is 9.48. The minimum atomic E-state index is -0.653. The number of carbonyl (C=O) groups is 2. The van der Waals surface area contributed by atoms with Gasteiger partial charge in [0.25, 0.3) is 0 Å². The molecule has 1 aliphatic rings. The Bertz CT molecular complexity index is 1700. The van der Waals surface area contributed by atoms with Crippen LogP contribution in [-0.2, 0) is 32.2 Å². The van der Waals surface area contributed by atoms with Gasteiger partial charge in [-0.3, -0.25) is 9.69 Å². The van der Waals surface area contributed by atoms with Crippen LogP contribution in [0.5, 0.6) is 0 Å². The van der Waals surface area contributed by atoms with E-state index in [2.05, 4.69) is 22.5 Å². The minimum Gasteiger partial charge on any atom is -0.465 e. The number of esters is 1. The molecule has 0 aliphatic carbocycles. The highest BCUT2D eigenvalue weighted by atomic mass is 16.7. The van der Waals surface area contributed by atoms with E-state index in [9.17, 15) is 19.8 Å². The summed E-state index contributed by atoms with van der Waals surface area (Å²) in [6, 6.07) is 32.9. The molecule has 4 aromatic carbocycles. The zero-order valence-corrected chi connectivity index (χ0v) is 29.7. The molecule has 0 bridgehead atoms. The number of carbonyl (C=O) groups excluding carboxylic acids is 2. The monoisotopic (exact) mass is 695 g/mol. The molecule has 0 unspecified atom stereocenters. The molecule has 0 radical (unpaired) electrons. The van der Waals surface area contributed by atoms with Gasteiger partial charge < -0.3 is 35.1 Å². The van der Waals surface area contributed by atoms with E-state index in [0.717, 1.165) is 38.9 Å². The first-order valence-corrected chi connectivity index (χ1v) is 17.5. The van der Waals surface area contributed by atoms with Crippen molar-refractivity contribution in [1.82, 2.24) is 15.5 Å². The lowest BCUT2D eigenvalue weighted by Crippen LogP contribution is -2.46. The predicted octanol–water partition coefficient (Wildman–Crippen LogP) is 6.05. The number of rotatable bonds is 14. The van der Waals surface area contributed by atoms with Gasteiger partial charge in [-0.1, -0.05) is 104 Å². The number of urea groups is 1. The van der Waals surface area contributed by atoms with E-state index in [1.54, 1.807) is 6.92 Å². The molecular weight excluding hydrogens is 646 g/mol. The van der Waals surface area contributed by atoms with Gasteiger partial charge in [0, 0.05) is 30.6 Å². The van der Waals surface area contributed by atoms with E-state index < -0.39 is 24.4 Å². The first-order valence-electron chi connectivity index (χ1n) is 17.5. The van der Waals surface area contributed by atoms with Crippen LogP contribution in [0.2, 0.25) is 0 Å². The van der Waals surface area contributed by atoms with Gasteiger partial charge in [0.1, 0.15) is 6.54 Å². The number of ether oxygens (including phenoxy) is 3. The van der Waals surface area contributed by atoms with Gasteiger partial charge in [-0.25, -0.2) is 4.79 Å². The molecule has 4 N–H and O–H groups in total. The first kappa shape index (κ1) is 37.7. The molecule has 1 saturated heterocycles. The van der Waals surface area contributed by atoms with Crippen LogP contribution in [0, 0.1) is 5.92 Å². The molecule has 6 atom stereocenters. The number of hydrogen-bond acceptors (Lipinski definition) is 8. The summed E-state index contributed by atoms with van der Waals surface area (Å²) in [5, 5.41) is 26.0. The molecule has 0 spiro atoms. The van der Waals surface area contributed by atoms with Crippen LogP contribution < -0.4 is 10.6 Å². The molecule has 1 aliphatic heterocycles. The number of aliphatic hydroxyl groups is 2. The Balaban J connectivity index is 1.30. The molecule has 5 rings (SSSR count). The fourth-order valence-corrected chi connectivity index (χ4v) is 6.25. The Morgan fingerprint density at radius 1 is 0.863 bits per heavy atom. The Morgan fingerprint density at radius 2 is 1.57 bits per heavy atom. The molecule has 51 heavy (non-hydrogen) atoms. The van der Waals surface area contributed by atoms with Gasteiger partial charge in [-0.15, -0.1) is 0 Å². The van der Waals surface area contributed by atoms with Gasteiger partial charge in [0.05, 0.1) is 31.5 Å². The third-order valence-corrected chi connectivity index (χ3v) is 9.48. The molecule has 270 valence electrons. The maximum atomic E-state index is 12.2. The fraction of sp³-hybridized carbons (Fsp3) is 0.366. The van der Waals surface area contributed by atoms with Crippen molar-refractivity contribution in [1.29, 1.82) is 0 Å². The van der Waals surface area contributed by atoms with Crippen molar-refractivity contribution in [2.24, 2.45) is 5.92 Å². The highest BCUT2D eigenvalue weighted by Gasteiger charge is 2.39. The van der Waals surface area contributed by atoms with Crippen molar-refractivity contribution in [2.45, 2.75) is 64.6 Å². The maximum Gasteiger partial charge on any atom is 0.325 e. The molecule has 10 heteroatoms. The highest BCUT2D eigenvalue weighted by molar-refractivity contribution is 5.80. The summed E-state index contributed by atoms with van der Waals surface area (Å²) in [4.78, 5) is 25.8. The lowest BCUT2D eigenvalue weighted by molar-refractivity contribution is -0.276. The van der Waals surface area contributed by atoms with Crippen LogP contribution in [0.3, 0.4) is 0 Å². The second-order valence-electron chi connectivity index (χ2n) is 13.0. The highest BCUT2D eigenvalue weighted by Crippen LogP contribution is 2.42. The average Bonchev–Trinajstić information content (AvgIpc) is 3.17. The molecule has 0 aromatic heterocycles. The first-order chi connectivity index (χ1) is 24.7. The van der Waals surface area contributed by atoms with E-state index in [0.29, 0.717) is 13.1 Å². The number of nitrogens with one attached hydrogen (secondary N) is 2. The Morgan fingerprint density at radius 3 is 2.25 bits per heavy atom. The number of nitrogens with zero attached hydrogens (tertiary/aromatic N) is 1. The average molecular weight is 696 g/mol. The zero-order valence-electron chi connectivity index (χ0n) is 29.7. The summed E-state index contributed by atoms with van der Waals surface area (Å²) < 4.78 is 18.2. The lowest BCUT2D eigenvalue weighted by Gasteiger charge is -2.43. The number of hydrogen-bond donors (Lipinski definition) is 4. The van der Waals surface area contributed by atoms with E-state index >= 15 is 0 Å². The van der Waals surface area contributed by atoms with Crippen LogP contribution in [0.4, 0.5) is 4.79 Å². The minimum absolute atomic E-state index is 0.00684. The number of benzene rings is 4. The maximum absolute atomic E-state index is 12.2. The molecule has 0 saturated carbocycles. The summed E-state index contributed by atoms with van der Waals surface area (Å²) >= 11 is 0. The SMILES string of the molecule is CCOC(=O)CNC(=O)NCc1cccc(-c2ccc([C@@H]3O[C@H](CN(C)[C@@H](C)[C@H](O)c4ccccc4)[C@H](C)[C@H](c4ccc(CO)cc4)O3)cc2)c1. The van der Waals surface area contributed by atoms with Gasteiger partial charge in [0.2, 0.25) is 0 Å². The molecule has 1 heterocycles. The molecular formula is C41H49N3O7. The summed E-state index contributed by atoms with van der Waals surface area (Å²) in [5.74, 6) is -0.493. The van der Waals surface area contributed by atoms with E-state index in [1.807, 2.05) is 117 Å². The van der Waals surface area contributed by atoms with Crippen molar-refractivity contribution >= 4 is 12.0 Å². The lowest BCUT2D eigenvalue weighted by atomic mass is 9.89. The number of likely N-dealkylation sites (N-methyl/N-ethyl adjacent to an activating group) is 1. The van der Waals surface area contributed by atoms with Crippen molar-refractivity contribution < 1.29 is 34.0 Å². The van der Waals surface area contributed by atoms with Crippen LogP contribution in [0.1, 0.15) is 67.1 Å². The fourth-order valence-electron chi connectivity index (χ4n) is 6.25. The van der Waals surface area contributed by atoms with Crippen molar-refractivity contribution in [3.8, 4) is 11.1 Å². The summed E-state index contributed by atoms with van der Waals surface area (Å²) in [7, 11) is 2.01. The topological polar surface area (TPSA) is 130 Å². The number of aliphatic hydroxyl groups excluding tert-OH is 2. The van der Waals surface area contributed by atoms with Crippen LogP contribution in [0.15, 0.2) is 103 Å². The smallest absolute Gasteiger partial charge is 0.325 e. The Hall–Kier alpha value is -4.58. The zero-order chi connectivity index (χ0) is 36.3. The van der Waals surface area contributed by atoms with Crippen LogP contribution in [-0.4, -0.2) is 66.0 Å². The summed E-state index contributed by atoms with van der Waals surface area (Å²) in [6.07, 6.45) is -1.75. The molecule has 10 nitrogen and oxygen atoms in total. The summed E-state index contributed by atoms with van der Waals surface area (Å²) in [6.45, 7) is 6.78. The Labute approximate surface area is 300 Å².